The second-order valence-corrected chi connectivity index (χ2v) is 5.39. The molecule has 0 aromatic carbocycles. The number of esters is 1. The number of carbonyl (C=O) groups is 1. The molecule has 21 heavy (non-hydrogen) atoms. The molecule has 112 valence electrons. The molecule has 0 bridgehead atoms. The SMILES string of the molecule is CCc1cccnc1CNc1nc(CCC(=O)OC)cs1. The lowest BCUT2D eigenvalue weighted by molar-refractivity contribution is -0.140. The van der Waals surface area contributed by atoms with E-state index in [1.54, 1.807) is 6.20 Å². The molecule has 6 heteroatoms. The van der Waals surface area contributed by atoms with Gasteiger partial charge in [0.25, 0.3) is 0 Å². The van der Waals surface area contributed by atoms with Gasteiger partial charge < -0.3 is 10.1 Å². The number of ether oxygens (including phenoxy) is 1. The van der Waals surface area contributed by atoms with Gasteiger partial charge in [-0.1, -0.05) is 13.0 Å². The maximum absolute atomic E-state index is 11.1. The van der Waals surface area contributed by atoms with Crippen LogP contribution in [0.15, 0.2) is 23.7 Å². The van der Waals surface area contributed by atoms with Crippen LogP contribution in [0.2, 0.25) is 0 Å². The van der Waals surface area contributed by atoms with Gasteiger partial charge in [-0.25, -0.2) is 4.98 Å². The second kappa shape index (κ2) is 7.73. The van der Waals surface area contributed by atoms with Crippen LogP contribution in [-0.2, 0) is 28.9 Å². The van der Waals surface area contributed by atoms with E-state index in [1.807, 2.05) is 11.4 Å². The summed E-state index contributed by atoms with van der Waals surface area (Å²) in [6.07, 6.45) is 3.74. The van der Waals surface area contributed by atoms with E-state index < -0.39 is 0 Å². The first-order chi connectivity index (χ1) is 10.2. The number of aryl methyl sites for hydroxylation is 2. The van der Waals surface area contributed by atoms with Gasteiger partial charge >= 0.3 is 5.97 Å². The zero-order valence-corrected chi connectivity index (χ0v) is 13.1. The van der Waals surface area contributed by atoms with Gasteiger partial charge in [0.15, 0.2) is 5.13 Å². The lowest BCUT2D eigenvalue weighted by Gasteiger charge is -2.06. The smallest absolute Gasteiger partial charge is 0.305 e. The van der Waals surface area contributed by atoms with Crippen LogP contribution >= 0.6 is 11.3 Å². The third kappa shape index (κ3) is 4.53. The summed E-state index contributed by atoms with van der Waals surface area (Å²) in [5, 5.41) is 6.10. The summed E-state index contributed by atoms with van der Waals surface area (Å²) in [6.45, 7) is 2.78. The first-order valence-corrected chi connectivity index (χ1v) is 7.78. The Balaban J connectivity index is 1.89. The van der Waals surface area contributed by atoms with Crippen molar-refractivity contribution in [1.82, 2.24) is 9.97 Å². The number of carbonyl (C=O) groups excluding carboxylic acids is 1. The lowest BCUT2D eigenvalue weighted by Crippen LogP contribution is -2.05. The van der Waals surface area contributed by atoms with Crippen molar-refractivity contribution in [3.8, 4) is 0 Å². The van der Waals surface area contributed by atoms with Gasteiger partial charge in [-0.15, -0.1) is 11.3 Å². The first-order valence-electron chi connectivity index (χ1n) is 6.90. The molecule has 0 saturated heterocycles. The molecule has 2 rings (SSSR count). The zero-order valence-electron chi connectivity index (χ0n) is 12.3. The van der Waals surface area contributed by atoms with Crippen LogP contribution < -0.4 is 5.32 Å². The van der Waals surface area contributed by atoms with Gasteiger partial charge in [-0.05, 0) is 18.1 Å². The van der Waals surface area contributed by atoms with Crippen LogP contribution in [0.25, 0.3) is 0 Å². The van der Waals surface area contributed by atoms with E-state index in [-0.39, 0.29) is 5.97 Å². The van der Waals surface area contributed by atoms with Gasteiger partial charge in [0, 0.05) is 18.0 Å². The third-order valence-corrected chi connectivity index (χ3v) is 3.99. The molecule has 1 N–H and O–H groups in total. The van der Waals surface area contributed by atoms with E-state index >= 15 is 0 Å². The van der Waals surface area contributed by atoms with Crippen LogP contribution in [0.3, 0.4) is 0 Å². The highest BCUT2D eigenvalue weighted by atomic mass is 32.1. The van der Waals surface area contributed by atoms with Crippen LogP contribution in [0.4, 0.5) is 5.13 Å². The van der Waals surface area contributed by atoms with E-state index in [0.717, 1.165) is 22.9 Å². The number of nitrogens with one attached hydrogen (secondary N) is 1. The molecule has 0 unspecified atom stereocenters. The monoisotopic (exact) mass is 305 g/mol. The number of hydrogen-bond acceptors (Lipinski definition) is 6. The number of rotatable bonds is 7. The van der Waals surface area contributed by atoms with Crippen LogP contribution in [0.1, 0.15) is 30.3 Å². The van der Waals surface area contributed by atoms with Crippen molar-refractivity contribution >= 4 is 22.4 Å². The fourth-order valence-corrected chi connectivity index (χ4v) is 2.69. The van der Waals surface area contributed by atoms with Crippen LogP contribution in [-0.4, -0.2) is 23.0 Å². The largest absolute Gasteiger partial charge is 0.469 e. The highest BCUT2D eigenvalue weighted by molar-refractivity contribution is 7.13. The molecule has 0 fully saturated rings. The Bertz CT molecular complexity index is 598. The summed E-state index contributed by atoms with van der Waals surface area (Å²) in [6, 6.07) is 4.05. The lowest BCUT2D eigenvalue weighted by atomic mass is 10.1. The van der Waals surface area contributed by atoms with Crippen molar-refractivity contribution in [3.63, 3.8) is 0 Å². The third-order valence-electron chi connectivity index (χ3n) is 3.14. The molecule has 2 aromatic heterocycles. The highest BCUT2D eigenvalue weighted by Crippen LogP contribution is 2.18. The topological polar surface area (TPSA) is 64.1 Å². The molecular formula is C15H19N3O2S. The predicted molar refractivity (Wildman–Crippen MR) is 83.4 cm³/mol. The van der Waals surface area contributed by atoms with Crippen molar-refractivity contribution in [2.75, 3.05) is 12.4 Å². The molecule has 2 heterocycles. The average Bonchev–Trinajstić information content (AvgIpc) is 2.98. The summed E-state index contributed by atoms with van der Waals surface area (Å²) in [5.74, 6) is -0.210. The van der Waals surface area contributed by atoms with E-state index in [1.165, 1.54) is 24.0 Å². The number of thiazole rings is 1. The Labute approximate surface area is 128 Å². The molecule has 0 amide bonds. The summed E-state index contributed by atoms with van der Waals surface area (Å²) >= 11 is 1.54. The number of aromatic nitrogens is 2. The van der Waals surface area contributed by atoms with E-state index in [4.69, 9.17) is 0 Å². The summed E-state index contributed by atoms with van der Waals surface area (Å²) < 4.78 is 4.62. The average molecular weight is 305 g/mol. The van der Waals surface area contributed by atoms with Crippen molar-refractivity contribution in [2.24, 2.45) is 0 Å². The minimum absolute atomic E-state index is 0.210. The Morgan fingerprint density at radius 2 is 2.33 bits per heavy atom. The molecule has 0 atom stereocenters. The van der Waals surface area contributed by atoms with Crippen molar-refractivity contribution in [2.45, 2.75) is 32.7 Å². The van der Waals surface area contributed by atoms with Crippen molar-refractivity contribution < 1.29 is 9.53 Å². The molecule has 0 aliphatic carbocycles. The molecule has 0 spiro atoms. The summed E-state index contributed by atoms with van der Waals surface area (Å²) in [7, 11) is 1.40. The molecule has 0 radical (unpaired) electrons. The molecule has 2 aromatic rings. The number of methoxy groups -OCH3 is 1. The number of nitrogens with zero attached hydrogens (tertiary/aromatic N) is 2. The normalized spacial score (nSPS) is 10.4. The molecular weight excluding hydrogens is 286 g/mol. The maximum atomic E-state index is 11.1. The van der Waals surface area contributed by atoms with Gasteiger partial charge in [-0.2, -0.15) is 0 Å². The quantitative estimate of drug-likeness (QED) is 0.797. The standard InChI is InChI=1S/C15H19N3O2S/c1-3-11-5-4-8-16-13(11)9-17-15-18-12(10-21-15)6-7-14(19)20-2/h4-5,8,10H,3,6-7,9H2,1-2H3,(H,17,18). The van der Waals surface area contributed by atoms with Crippen LogP contribution in [0.5, 0.6) is 0 Å². The summed E-state index contributed by atoms with van der Waals surface area (Å²) in [5.41, 5.74) is 3.20. The van der Waals surface area contributed by atoms with E-state index in [0.29, 0.717) is 19.4 Å². The van der Waals surface area contributed by atoms with Gasteiger partial charge in [0.2, 0.25) is 0 Å². The van der Waals surface area contributed by atoms with E-state index in [2.05, 4.69) is 33.0 Å². The Morgan fingerprint density at radius 3 is 3.10 bits per heavy atom. The minimum atomic E-state index is -0.210. The zero-order chi connectivity index (χ0) is 15.1. The molecule has 0 saturated carbocycles. The number of pyridine rings is 1. The highest BCUT2D eigenvalue weighted by Gasteiger charge is 2.07. The molecule has 0 aliphatic heterocycles. The maximum Gasteiger partial charge on any atom is 0.305 e. The summed E-state index contributed by atoms with van der Waals surface area (Å²) in [4.78, 5) is 20.0. The predicted octanol–water partition coefficient (Wildman–Crippen LogP) is 2.82. The minimum Gasteiger partial charge on any atom is -0.469 e. The number of anilines is 1. The van der Waals surface area contributed by atoms with Gasteiger partial charge in [0.05, 0.1) is 31.5 Å². The van der Waals surface area contributed by atoms with Gasteiger partial charge in [0.1, 0.15) is 0 Å². The van der Waals surface area contributed by atoms with Crippen LogP contribution in [0, 0.1) is 0 Å². The second-order valence-electron chi connectivity index (χ2n) is 4.54. The number of hydrogen-bond donors (Lipinski definition) is 1. The first kappa shape index (κ1) is 15.4. The van der Waals surface area contributed by atoms with E-state index in [9.17, 15) is 4.79 Å². The fraction of sp³-hybridized carbons (Fsp3) is 0.400. The Morgan fingerprint density at radius 1 is 1.48 bits per heavy atom. The Hall–Kier alpha value is -1.95. The Kier molecular flexibility index (Phi) is 5.68. The van der Waals surface area contributed by atoms with Crippen molar-refractivity contribution in [1.29, 1.82) is 0 Å². The van der Waals surface area contributed by atoms with Crippen molar-refractivity contribution in [3.05, 3.63) is 40.7 Å². The van der Waals surface area contributed by atoms with Gasteiger partial charge in [-0.3, -0.25) is 9.78 Å². The molecule has 0 aliphatic rings. The fourth-order valence-electron chi connectivity index (χ4n) is 1.95. The molecule has 5 nitrogen and oxygen atoms in total.